The van der Waals surface area contributed by atoms with Crippen LogP contribution in [0.4, 0.5) is 0 Å². The standard InChI is InChI=1S/C21H22N2O2/c1-23-11-16-15(17(16)12-23)10-22-21(24)20-13-6-2-4-8-18(13)25-19-9-5-3-7-14(19)20/h2-9,15-17,20H,10-12H2,1H3,(H,22,24)/t15?,16-,17?/m1/s1. The summed E-state index contributed by atoms with van der Waals surface area (Å²) in [6.45, 7) is 3.14. The van der Waals surface area contributed by atoms with Crippen LogP contribution in [-0.4, -0.2) is 37.5 Å². The summed E-state index contributed by atoms with van der Waals surface area (Å²) in [6, 6.07) is 15.7. The van der Waals surface area contributed by atoms with Gasteiger partial charge >= 0.3 is 0 Å². The predicted molar refractivity (Wildman–Crippen MR) is 95.8 cm³/mol. The molecule has 3 atom stereocenters. The van der Waals surface area contributed by atoms with Crippen molar-refractivity contribution in [2.75, 3.05) is 26.7 Å². The summed E-state index contributed by atoms with van der Waals surface area (Å²) in [5.74, 6) is 3.58. The Morgan fingerprint density at radius 2 is 1.60 bits per heavy atom. The van der Waals surface area contributed by atoms with E-state index in [0.29, 0.717) is 5.92 Å². The quantitative estimate of drug-likeness (QED) is 0.938. The Bertz CT molecular complexity index is 777. The van der Waals surface area contributed by atoms with Crippen molar-refractivity contribution in [2.45, 2.75) is 5.92 Å². The summed E-state index contributed by atoms with van der Waals surface area (Å²) in [6.07, 6.45) is 0. The predicted octanol–water partition coefficient (Wildman–Crippen LogP) is 2.85. The summed E-state index contributed by atoms with van der Waals surface area (Å²) in [5.41, 5.74) is 1.91. The van der Waals surface area contributed by atoms with Crippen molar-refractivity contribution < 1.29 is 9.53 Å². The van der Waals surface area contributed by atoms with Gasteiger partial charge in [-0.25, -0.2) is 0 Å². The lowest BCUT2D eigenvalue weighted by atomic mass is 9.87. The number of nitrogens with one attached hydrogen (secondary N) is 1. The molecule has 0 spiro atoms. The molecule has 1 saturated heterocycles. The van der Waals surface area contributed by atoms with Crippen LogP contribution in [-0.2, 0) is 4.79 Å². The largest absolute Gasteiger partial charge is 0.457 e. The number of hydrogen-bond acceptors (Lipinski definition) is 3. The minimum Gasteiger partial charge on any atom is -0.457 e. The number of hydrogen-bond donors (Lipinski definition) is 1. The van der Waals surface area contributed by atoms with Crippen LogP contribution in [0.15, 0.2) is 48.5 Å². The van der Waals surface area contributed by atoms with Gasteiger partial charge in [-0.05, 0) is 36.9 Å². The third-order valence-electron chi connectivity index (χ3n) is 6.01. The van der Waals surface area contributed by atoms with Crippen LogP contribution in [0, 0.1) is 17.8 Å². The molecule has 1 aliphatic carbocycles. The Morgan fingerprint density at radius 1 is 1.04 bits per heavy atom. The van der Waals surface area contributed by atoms with Crippen LogP contribution in [0.2, 0.25) is 0 Å². The Morgan fingerprint density at radius 3 is 2.20 bits per heavy atom. The van der Waals surface area contributed by atoms with Gasteiger partial charge < -0.3 is 15.0 Å². The average molecular weight is 334 g/mol. The number of para-hydroxylation sites is 2. The number of benzene rings is 2. The van der Waals surface area contributed by atoms with Crippen molar-refractivity contribution in [3.63, 3.8) is 0 Å². The summed E-state index contributed by atoms with van der Waals surface area (Å²) < 4.78 is 5.98. The molecule has 0 aromatic heterocycles. The van der Waals surface area contributed by atoms with E-state index in [-0.39, 0.29) is 11.8 Å². The van der Waals surface area contributed by atoms with Gasteiger partial charge in [-0.1, -0.05) is 36.4 Å². The highest BCUT2D eigenvalue weighted by molar-refractivity contribution is 5.89. The summed E-state index contributed by atoms with van der Waals surface area (Å²) in [5, 5.41) is 3.23. The van der Waals surface area contributed by atoms with Gasteiger partial charge in [0.15, 0.2) is 0 Å². The number of carbonyl (C=O) groups excluding carboxylic acids is 1. The molecule has 1 amide bonds. The molecule has 0 bridgehead atoms. The van der Waals surface area contributed by atoms with Crippen LogP contribution >= 0.6 is 0 Å². The minimum atomic E-state index is -0.289. The van der Waals surface area contributed by atoms with Crippen molar-refractivity contribution in [3.8, 4) is 11.5 Å². The monoisotopic (exact) mass is 334 g/mol. The van der Waals surface area contributed by atoms with Crippen LogP contribution in [0.5, 0.6) is 11.5 Å². The molecule has 128 valence electrons. The summed E-state index contributed by atoms with van der Waals surface area (Å²) >= 11 is 0. The maximum atomic E-state index is 13.1. The number of piperidine rings is 1. The van der Waals surface area contributed by atoms with Crippen LogP contribution in [0.1, 0.15) is 17.0 Å². The van der Waals surface area contributed by atoms with Gasteiger partial charge in [0, 0.05) is 30.8 Å². The lowest BCUT2D eigenvalue weighted by Crippen LogP contribution is -2.34. The van der Waals surface area contributed by atoms with E-state index in [1.807, 2.05) is 48.5 Å². The van der Waals surface area contributed by atoms with Crippen molar-refractivity contribution in [1.29, 1.82) is 0 Å². The van der Waals surface area contributed by atoms with Crippen molar-refractivity contribution in [2.24, 2.45) is 17.8 Å². The lowest BCUT2D eigenvalue weighted by Gasteiger charge is -2.27. The Balaban J connectivity index is 1.37. The highest BCUT2D eigenvalue weighted by Crippen LogP contribution is 2.51. The normalized spacial score (nSPS) is 27.0. The molecule has 2 heterocycles. The number of likely N-dealkylation sites (tertiary alicyclic amines) is 1. The molecule has 1 N–H and O–H groups in total. The molecule has 2 aliphatic heterocycles. The van der Waals surface area contributed by atoms with Gasteiger partial charge in [0.2, 0.25) is 5.91 Å². The highest BCUT2D eigenvalue weighted by Gasteiger charge is 2.54. The second-order valence-electron chi connectivity index (χ2n) is 7.57. The molecular weight excluding hydrogens is 312 g/mol. The van der Waals surface area contributed by atoms with Crippen molar-refractivity contribution >= 4 is 5.91 Å². The minimum absolute atomic E-state index is 0.0847. The smallest absolute Gasteiger partial charge is 0.232 e. The van der Waals surface area contributed by atoms with E-state index >= 15 is 0 Å². The number of carbonyl (C=O) groups is 1. The van der Waals surface area contributed by atoms with Gasteiger partial charge in [0.25, 0.3) is 0 Å². The Hall–Kier alpha value is -2.33. The summed E-state index contributed by atoms with van der Waals surface area (Å²) in [7, 11) is 2.18. The van der Waals surface area contributed by atoms with Crippen molar-refractivity contribution in [1.82, 2.24) is 10.2 Å². The molecule has 4 heteroatoms. The fourth-order valence-electron chi connectivity index (χ4n) is 4.68. The molecule has 2 fully saturated rings. The Kier molecular flexibility index (Phi) is 3.35. The topological polar surface area (TPSA) is 41.6 Å². The van der Waals surface area contributed by atoms with Crippen LogP contribution in [0.25, 0.3) is 0 Å². The van der Waals surface area contributed by atoms with E-state index in [1.54, 1.807) is 0 Å². The third kappa shape index (κ3) is 2.44. The molecule has 4 nitrogen and oxygen atoms in total. The molecule has 2 aromatic rings. The molecule has 5 rings (SSSR count). The zero-order valence-electron chi connectivity index (χ0n) is 14.3. The number of fused-ring (bicyclic) bond motifs is 3. The van der Waals surface area contributed by atoms with E-state index in [1.165, 1.54) is 13.1 Å². The summed E-state index contributed by atoms with van der Waals surface area (Å²) in [4.78, 5) is 15.5. The highest BCUT2D eigenvalue weighted by atomic mass is 16.5. The molecule has 25 heavy (non-hydrogen) atoms. The molecule has 1 saturated carbocycles. The maximum Gasteiger partial charge on any atom is 0.232 e. The van der Waals surface area contributed by atoms with E-state index in [0.717, 1.165) is 41.0 Å². The van der Waals surface area contributed by atoms with Crippen LogP contribution < -0.4 is 10.1 Å². The van der Waals surface area contributed by atoms with Crippen LogP contribution in [0.3, 0.4) is 0 Å². The fourth-order valence-corrected chi connectivity index (χ4v) is 4.68. The SMILES string of the molecule is CN1CC2C(CNC(=O)C3c4ccccc4Oc4ccccc43)[C@H]2C1. The van der Waals surface area contributed by atoms with Gasteiger partial charge in [-0.2, -0.15) is 0 Å². The first-order valence-electron chi connectivity index (χ1n) is 9.04. The lowest BCUT2D eigenvalue weighted by molar-refractivity contribution is -0.121. The number of ether oxygens (including phenoxy) is 1. The van der Waals surface area contributed by atoms with Crippen molar-refractivity contribution in [3.05, 3.63) is 59.7 Å². The number of rotatable bonds is 3. The van der Waals surface area contributed by atoms with E-state index in [2.05, 4.69) is 17.3 Å². The molecular formula is C21H22N2O2. The van der Waals surface area contributed by atoms with E-state index < -0.39 is 0 Å². The second kappa shape index (κ2) is 5.60. The van der Waals surface area contributed by atoms with Gasteiger partial charge in [-0.3, -0.25) is 4.79 Å². The average Bonchev–Trinajstić information content (AvgIpc) is 3.10. The van der Waals surface area contributed by atoms with E-state index in [9.17, 15) is 4.79 Å². The zero-order chi connectivity index (χ0) is 17.0. The first-order chi connectivity index (χ1) is 12.2. The number of amides is 1. The van der Waals surface area contributed by atoms with E-state index in [4.69, 9.17) is 4.74 Å². The first-order valence-corrected chi connectivity index (χ1v) is 9.04. The zero-order valence-corrected chi connectivity index (χ0v) is 14.3. The molecule has 0 radical (unpaired) electrons. The van der Waals surface area contributed by atoms with Gasteiger partial charge in [0.1, 0.15) is 11.5 Å². The molecule has 2 aromatic carbocycles. The fraction of sp³-hybridized carbons (Fsp3) is 0.381. The molecule has 2 unspecified atom stereocenters. The van der Waals surface area contributed by atoms with Gasteiger partial charge in [-0.15, -0.1) is 0 Å². The maximum absolute atomic E-state index is 13.1. The van der Waals surface area contributed by atoms with Gasteiger partial charge in [0.05, 0.1) is 5.92 Å². The Labute approximate surface area is 147 Å². The second-order valence-corrected chi connectivity index (χ2v) is 7.57. The third-order valence-corrected chi connectivity index (χ3v) is 6.01. The number of nitrogens with zero attached hydrogens (tertiary/aromatic N) is 1. The first kappa shape index (κ1) is 15.0. The molecule has 3 aliphatic rings.